The second-order valence-corrected chi connectivity index (χ2v) is 10.0. The third-order valence-electron chi connectivity index (χ3n) is 6.66. The Morgan fingerprint density at radius 3 is 2.97 bits per heavy atom. The lowest BCUT2D eigenvalue weighted by Gasteiger charge is -2.23. The third kappa shape index (κ3) is 5.37. The van der Waals surface area contributed by atoms with E-state index in [1.807, 2.05) is 36.8 Å². The van der Waals surface area contributed by atoms with E-state index in [4.69, 9.17) is 14.1 Å². The van der Waals surface area contributed by atoms with Gasteiger partial charge in [-0.3, -0.25) is 14.3 Å². The van der Waals surface area contributed by atoms with Crippen LogP contribution in [0.15, 0.2) is 30.9 Å². The second-order valence-electron chi connectivity index (χ2n) is 9.24. The average Bonchev–Trinajstić information content (AvgIpc) is 3.57. The molecule has 0 amide bonds. The Morgan fingerprint density at radius 2 is 2.14 bits per heavy atom. The highest BCUT2D eigenvalue weighted by Gasteiger charge is 2.24. The molecule has 4 aromatic rings. The van der Waals surface area contributed by atoms with E-state index in [-0.39, 0.29) is 11.9 Å². The molecule has 1 aliphatic carbocycles. The van der Waals surface area contributed by atoms with Gasteiger partial charge in [-0.1, -0.05) is 19.3 Å². The minimum atomic E-state index is -0.0276. The molecule has 0 aromatic carbocycles. The summed E-state index contributed by atoms with van der Waals surface area (Å²) >= 11 is 1.45. The number of fused-ring (bicyclic) bond motifs is 1. The number of ether oxygens (including phenoxy) is 1. The number of nitrogens with one attached hydrogen (secondary N) is 2. The van der Waals surface area contributed by atoms with Gasteiger partial charge in [-0.15, -0.1) is 0 Å². The van der Waals surface area contributed by atoms with Gasteiger partial charge in [-0.25, -0.2) is 9.97 Å². The van der Waals surface area contributed by atoms with E-state index in [0.717, 1.165) is 71.8 Å². The first kappa shape index (κ1) is 23.5. The van der Waals surface area contributed by atoms with Gasteiger partial charge in [0.1, 0.15) is 5.00 Å². The van der Waals surface area contributed by atoms with Crippen LogP contribution in [-0.2, 0) is 16.0 Å². The van der Waals surface area contributed by atoms with Crippen molar-refractivity contribution in [2.75, 3.05) is 11.9 Å². The van der Waals surface area contributed by atoms with Crippen molar-refractivity contribution in [1.82, 2.24) is 28.9 Å². The third-order valence-corrected chi connectivity index (χ3v) is 7.41. The summed E-state index contributed by atoms with van der Waals surface area (Å²) in [5, 5.41) is 11.3. The molecular formula is C25H31N7O2S. The molecule has 184 valence electrons. The Labute approximate surface area is 208 Å². The quantitative estimate of drug-likeness (QED) is 0.335. The van der Waals surface area contributed by atoms with Gasteiger partial charge in [0.2, 0.25) is 0 Å². The SMILES string of the molecule is CCOC(=O)C1CCCC[C@@H](Cc2cc(Nc3nc(C)cn4c(-c5cn[nH]c5)cnc34)sn2)CC1. The monoisotopic (exact) mass is 493 g/mol. The van der Waals surface area contributed by atoms with Gasteiger partial charge in [0.05, 0.1) is 42.0 Å². The van der Waals surface area contributed by atoms with Crippen LogP contribution in [0, 0.1) is 18.8 Å². The minimum Gasteiger partial charge on any atom is -0.466 e. The molecule has 10 heteroatoms. The molecule has 0 saturated heterocycles. The molecule has 1 saturated carbocycles. The summed E-state index contributed by atoms with van der Waals surface area (Å²) in [5.74, 6) is 1.26. The summed E-state index contributed by atoms with van der Waals surface area (Å²) < 4.78 is 12.0. The number of imidazole rings is 1. The predicted molar refractivity (Wildman–Crippen MR) is 136 cm³/mol. The molecule has 0 aliphatic heterocycles. The van der Waals surface area contributed by atoms with E-state index >= 15 is 0 Å². The van der Waals surface area contributed by atoms with Gasteiger partial charge in [-0.05, 0) is 63.0 Å². The number of aryl methyl sites for hydroxylation is 1. The van der Waals surface area contributed by atoms with Crippen LogP contribution < -0.4 is 5.32 Å². The largest absolute Gasteiger partial charge is 0.466 e. The molecule has 0 bridgehead atoms. The van der Waals surface area contributed by atoms with E-state index in [2.05, 4.69) is 26.6 Å². The summed E-state index contributed by atoms with van der Waals surface area (Å²) in [5.41, 5.74) is 4.66. The molecule has 0 spiro atoms. The smallest absolute Gasteiger partial charge is 0.308 e. The number of aromatic nitrogens is 6. The Morgan fingerprint density at radius 1 is 1.26 bits per heavy atom. The van der Waals surface area contributed by atoms with Crippen LogP contribution in [0.1, 0.15) is 56.8 Å². The van der Waals surface area contributed by atoms with Crippen LogP contribution in [-0.4, -0.2) is 41.5 Å². The number of rotatable bonds is 7. The summed E-state index contributed by atoms with van der Waals surface area (Å²) in [6, 6.07) is 2.12. The van der Waals surface area contributed by atoms with Crippen molar-refractivity contribution in [3.8, 4) is 11.3 Å². The highest BCUT2D eigenvalue weighted by molar-refractivity contribution is 7.10. The number of aromatic amines is 1. The number of H-pyrrole nitrogens is 1. The van der Waals surface area contributed by atoms with Crippen LogP contribution in [0.25, 0.3) is 16.9 Å². The van der Waals surface area contributed by atoms with E-state index in [0.29, 0.717) is 18.3 Å². The lowest BCUT2D eigenvalue weighted by atomic mass is 9.83. The number of carbonyl (C=O) groups is 1. The minimum absolute atomic E-state index is 0.0276. The fraction of sp³-hybridized carbons (Fsp3) is 0.480. The van der Waals surface area contributed by atoms with Gasteiger partial charge in [0.25, 0.3) is 0 Å². The Balaban J connectivity index is 1.28. The van der Waals surface area contributed by atoms with Gasteiger partial charge in [-0.2, -0.15) is 9.47 Å². The molecule has 1 fully saturated rings. The highest BCUT2D eigenvalue weighted by Crippen LogP contribution is 2.31. The van der Waals surface area contributed by atoms with E-state index in [1.54, 1.807) is 6.20 Å². The first-order chi connectivity index (χ1) is 17.1. The molecule has 1 aliphatic rings. The van der Waals surface area contributed by atoms with Gasteiger partial charge >= 0.3 is 5.97 Å². The summed E-state index contributed by atoms with van der Waals surface area (Å²) in [6.07, 6.45) is 14.7. The van der Waals surface area contributed by atoms with Crippen LogP contribution in [0.3, 0.4) is 0 Å². The van der Waals surface area contributed by atoms with Crippen molar-refractivity contribution >= 4 is 34.0 Å². The van der Waals surface area contributed by atoms with Crippen LogP contribution in [0.5, 0.6) is 0 Å². The molecule has 5 rings (SSSR count). The average molecular weight is 494 g/mol. The van der Waals surface area contributed by atoms with E-state index in [1.165, 1.54) is 18.0 Å². The number of carbonyl (C=O) groups excluding carboxylic acids is 1. The number of hydrogen-bond donors (Lipinski definition) is 2. The summed E-state index contributed by atoms with van der Waals surface area (Å²) in [4.78, 5) is 21.5. The summed E-state index contributed by atoms with van der Waals surface area (Å²) in [6.45, 7) is 4.30. The predicted octanol–water partition coefficient (Wildman–Crippen LogP) is 5.32. The molecule has 1 unspecified atom stereocenters. The van der Waals surface area contributed by atoms with Gasteiger partial charge in [0.15, 0.2) is 11.5 Å². The maximum absolute atomic E-state index is 12.2. The van der Waals surface area contributed by atoms with Crippen molar-refractivity contribution in [2.45, 2.75) is 58.8 Å². The summed E-state index contributed by atoms with van der Waals surface area (Å²) in [7, 11) is 0. The maximum Gasteiger partial charge on any atom is 0.308 e. The molecule has 2 atom stereocenters. The lowest BCUT2D eigenvalue weighted by Crippen LogP contribution is -2.21. The van der Waals surface area contributed by atoms with Crippen molar-refractivity contribution in [1.29, 1.82) is 0 Å². The molecular weight excluding hydrogens is 462 g/mol. The standard InChI is InChI=1S/C25H31N7O2S/c1-3-34-25(33)18-7-5-4-6-17(8-9-18)10-20-11-22(35-31-20)30-23-24-26-14-21(19-12-27-28-13-19)32(24)15-16(2)29-23/h11-15,17-18H,3-10H2,1-2H3,(H,27,28)(H,29,30)/t17-,18?/m1/s1. The molecule has 4 aromatic heterocycles. The lowest BCUT2D eigenvalue weighted by molar-refractivity contribution is -0.148. The van der Waals surface area contributed by atoms with Crippen LogP contribution >= 0.6 is 11.5 Å². The Bertz CT molecular complexity index is 1280. The zero-order valence-electron chi connectivity index (χ0n) is 20.2. The molecule has 4 heterocycles. The maximum atomic E-state index is 12.2. The van der Waals surface area contributed by atoms with Gasteiger partial charge < -0.3 is 10.1 Å². The fourth-order valence-electron chi connectivity index (χ4n) is 4.93. The normalized spacial score (nSPS) is 18.8. The van der Waals surface area contributed by atoms with Crippen molar-refractivity contribution < 1.29 is 9.53 Å². The van der Waals surface area contributed by atoms with Crippen LogP contribution in [0.4, 0.5) is 10.8 Å². The Kier molecular flexibility index (Phi) is 7.08. The first-order valence-electron chi connectivity index (χ1n) is 12.3. The fourth-order valence-corrected chi connectivity index (χ4v) is 5.60. The number of hydrogen-bond acceptors (Lipinski definition) is 8. The second kappa shape index (κ2) is 10.6. The first-order valence-corrected chi connectivity index (χ1v) is 13.1. The Hall–Kier alpha value is -3.27. The molecule has 9 nitrogen and oxygen atoms in total. The van der Waals surface area contributed by atoms with Crippen LogP contribution in [0.2, 0.25) is 0 Å². The van der Waals surface area contributed by atoms with E-state index < -0.39 is 0 Å². The molecule has 0 radical (unpaired) electrons. The van der Waals surface area contributed by atoms with E-state index in [9.17, 15) is 4.79 Å². The number of esters is 1. The highest BCUT2D eigenvalue weighted by atomic mass is 32.1. The topological polar surface area (TPSA) is 110 Å². The molecule has 35 heavy (non-hydrogen) atoms. The van der Waals surface area contributed by atoms with Crippen molar-refractivity contribution in [3.05, 3.63) is 42.2 Å². The zero-order valence-corrected chi connectivity index (χ0v) is 21.0. The van der Waals surface area contributed by atoms with Crippen molar-refractivity contribution in [2.24, 2.45) is 11.8 Å². The van der Waals surface area contributed by atoms with Gasteiger partial charge in [0, 0.05) is 18.0 Å². The number of nitrogens with zero attached hydrogens (tertiary/aromatic N) is 5. The number of anilines is 2. The van der Waals surface area contributed by atoms with Crippen molar-refractivity contribution in [3.63, 3.8) is 0 Å². The zero-order chi connectivity index (χ0) is 24.2. The molecule has 2 N–H and O–H groups in total.